The van der Waals surface area contributed by atoms with E-state index in [1.165, 1.54) is 22.0 Å². The molecule has 0 radical (unpaired) electrons. The predicted molar refractivity (Wildman–Crippen MR) is 111 cm³/mol. The Morgan fingerprint density at radius 2 is 2.13 bits per heavy atom. The summed E-state index contributed by atoms with van der Waals surface area (Å²) in [5.74, 6) is 2.33. The van der Waals surface area contributed by atoms with Gasteiger partial charge in [-0.3, -0.25) is 9.36 Å². The lowest BCUT2D eigenvalue weighted by atomic mass is 10.0. The van der Waals surface area contributed by atoms with Gasteiger partial charge in [0, 0.05) is 17.1 Å². The van der Waals surface area contributed by atoms with Gasteiger partial charge in [-0.15, -0.1) is 0 Å². The fraction of sp³-hybridized carbons (Fsp3) is 0.227. The second-order valence-electron chi connectivity index (χ2n) is 7.77. The molecule has 6 rings (SSSR count). The molecule has 2 aliphatic carbocycles. The van der Waals surface area contributed by atoms with E-state index in [1.54, 1.807) is 18.3 Å². The second-order valence-corrected chi connectivity index (χ2v) is 8.21. The number of aromatic nitrogens is 5. The van der Waals surface area contributed by atoms with E-state index >= 15 is 0 Å². The summed E-state index contributed by atoms with van der Waals surface area (Å²) in [4.78, 5) is 25.5. The zero-order valence-electron chi connectivity index (χ0n) is 15.8. The summed E-state index contributed by atoms with van der Waals surface area (Å²) in [6, 6.07) is 11.4. The van der Waals surface area contributed by atoms with E-state index in [0.29, 0.717) is 34.6 Å². The van der Waals surface area contributed by atoms with Crippen LogP contribution < -0.4 is 5.56 Å². The summed E-state index contributed by atoms with van der Waals surface area (Å²) < 4.78 is 6.89. The van der Waals surface area contributed by atoms with Gasteiger partial charge < -0.3 is 4.52 Å². The Balaban J connectivity index is 1.20. The highest BCUT2D eigenvalue weighted by atomic mass is 35.5. The van der Waals surface area contributed by atoms with Crippen molar-refractivity contribution < 1.29 is 4.52 Å². The number of hydrogen-bond donors (Lipinski definition) is 0. The van der Waals surface area contributed by atoms with Crippen LogP contribution in [0.4, 0.5) is 0 Å². The number of benzene rings is 1. The minimum absolute atomic E-state index is 0.176. The molecule has 4 aromatic rings. The predicted octanol–water partition coefficient (Wildman–Crippen LogP) is 3.69. The van der Waals surface area contributed by atoms with E-state index in [2.05, 4.69) is 32.3 Å². The summed E-state index contributed by atoms with van der Waals surface area (Å²) in [5.41, 5.74) is 2.76. The Labute approximate surface area is 176 Å². The van der Waals surface area contributed by atoms with E-state index in [1.807, 2.05) is 18.2 Å². The van der Waals surface area contributed by atoms with Crippen molar-refractivity contribution >= 4 is 28.2 Å². The van der Waals surface area contributed by atoms with Crippen LogP contribution in [0.25, 0.3) is 16.6 Å². The number of fused-ring (bicyclic) bond motifs is 2. The van der Waals surface area contributed by atoms with Crippen LogP contribution in [0.5, 0.6) is 0 Å². The average Bonchev–Trinajstić information content (AvgIpc) is 3.10. The Hall–Kier alpha value is -3.32. The van der Waals surface area contributed by atoms with Crippen LogP contribution in [0.1, 0.15) is 29.6 Å². The Morgan fingerprint density at radius 3 is 2.97 bits per heavy atom. The summed E-state index contributed by atoms with van der Waals surface area (Å²) in [6.45, 7) is 0.190. The number of pyridine rings is 1. The molecule has 3 aromatic heterocycles. The first-order valence-electron chi connectivity index (χ1n) is 9.77. The zero-order chi connectivity index (χ0) is 20.2. The minimum Gasteiger partial charge on any atom is -0.337 e. The number of nitrogens with zero attached hydrogens (tertiary/aromatic N) is 5. The molecule has 0 bridgehead atoms. The van der Waals surface area contributed by atoms with E-state index in [0.717, 1.165) is 11.4 Å². The molecule has 30 heavy (non-hydrogen) atoms. The van der Waals surface area contributed by atoms with Gasteiger partial charge in [0.15, 0.2) is 11.5 Å². The van der Waals surface area contributed by atoms with E-state index in [-0.39, 0.29) is 18.0 Å². The minimum atomic E-state index is -0.176. The molecule has 1 saturated carbocycles. The number of allylic oxidation sites excluding steroid dienone is 2. The summed E-state index contributed by atoms with van der Waals surface area (Å²) in [5, 5.41) is 5.40. The lowest BCUT2D eigenvalue weighted by Crippen LogP contribution is -2.21. The van der Waals surface area contributed by atoms with Gasteiger partial charge in [-0.05, 0) is 53.7 Å². The van der Waals surface area contributed by atoms with Gasteiger partial charge in [-0.25, -0.2) is 9.97 Å². The van der Waals surface area contributed by atoms with Crippen molar-refractivity contribution in [1.82, 2.24) is 24.7 Å². The maximum atomic E-state index is 12.6. The molecule has 0 saturated heterocycles. The molecule has 7 nitrogen and oxygen atoms in total. The molecule has 0 N–H and O–H groups in total. The van der Waals surface area contributed by atoms with Crippen LogP contribution >= 0.6 is 11.6 Å². The quantitative estimate of drug-likeness (QED) is 0.503. The van der Waals surface area contributed by atoms with Crippen LogP contribution in [0.15, 0.2) is 64.3 Å². The highest BCUT2D eigenvalue weighted by Crippen LogP contribution is 2.62. The number of rotatable bonds is 4. The number of hydrogen-bond acceptors (Lipinski definition) is 6. The van der Waals surface area contributed by atoms with Gasteiger partial charge >= 0.3 is 0 Å². The third kappa shape index (κ3) is 2.85. The molecule has 3 atom stereocenters. The molecular formula is C22H16ClN5O2. The molecule has 3 unspecified atom stereocenters. The van der Waals surface area contributed by atoms with Crippen molar-refractivity contribution in [2.24, 2.45) is 11.8 Å². The van der Waals surface area contributed by atoms with Gasteiger partial charge in [0.05, 0.1) is 5.39 Å². The van der Waals surface area contributed by atoms with Crippen molar-refractivity contribution in [1.29, 1.82) is 0 Å². The highest BCUT2D eigenvalue weighted by Gasteiger charge is 2.55. The van der Waals surface area contributed by atoms with Crippen LogP contribution in [0.2, 0.25) is 5.02 Å². The topological polar surface area (TPSA) is 86.7 Å². The van der Waals surface area contributed by atoms with Gasteiger partial charge in [-0.2, -0.15) is 4.98 Å². The number of halogens is 1. The molecule has 2 aliphatic rings. The molecule has 148 valence electrons. The van der Waals surface area contributed by atoms with Gasteiger partial charge in [0.2, 0.25) is 5.89 Å². The lowest BCUT2D eigenvalue weighted by Gasteiger charge is -2.06. The lowest BCUT2D eigenvalue weighted by molar-refractivity contribution is 0.364. The maximum absolute atomic E-state index is 12.6. The van der Waals surface area contributed by atoms with Crippen LogP contribution in [-0.4, -0.2) is 24.7 Å². The van der Waals surface area contributed by atoms with Crippen LogP contribution in [0, 0.1) is 11.8 Å². The normalized spacial score (nSPS) is 22.2. The maximum Gasteiger partial charge on any atom is 0.263 e. The van der Waals surface area contributed by atoms with E-state index in [4.69, 9.17) is 16.1 Å². The van der Waals surface area contributed by atoms with Gasteiger partial charge in [0.1, 0.15) is 12.9 Å². The molecule has 8 heteroatoms. The molecule has 0 spiro atoms. The fourth-order valence-electron chi connectivity index (χ4n) is 4.44. The molecule has 0 amide bonds. The van der Waals surface area contributed by atoms with Gasteiger partial charge in [0.25, 0.3) is 5.56 Å². The van der Waals surface area contributed by atoms with Crippen molar-refractivity contribution in [3.05, 3.63) is 87.7 Å². The molecule has 0 aliphatic heterocycles. The first kappa shape index (κ1) is 17.5. The van der Waals surface area contributed by atoms with Gasteiger partial charge in [-0.1, -0.05) is 35.0 Å². The fourth-order valence-corrected chi connectivity index (χ4v) is 4.63. The highest BCUT2D eigenvalue weighted by molar-refractivity contribution is 6.30. The Bertz CT molecular complexity index is 1380. The average molecular weight is 418 g/mol. The monoisotopic (exact) mass is 417 g/mol. The van der Waals surface area contributed by atoms with Crippen molar-refractivity contribution in [2.45, 2.75) is 18.9 Å². The Morgan fingerprint density at radius 1 is 1.20 bits per heavy atom. The SMILES string of the molecule is O=c1c2cccnc2ncn1Cc1nc(C2C3C=C(c4cccc(Cl)c4)CC32)no1. The second kappa shape index (κ2) is 6.60. The summed E-state index contributed by atoms with van der Waals surface area (Å²) in [7, 11) is 0. The van der Waals surface area contributed by atoms with Crippen molar-refractivity contribution in [3.8, 4) is 0 Å². The standard InChI is InChI=1S/C22H16ClN5O2/c23-14-4-1-3-12(7-14)13-8-16-17(9-13)19(16)21-26-18(30-27-21)10-28-11-25-20-15(22(28)29)5-2-6-24-20/h1-8,11,16-17,19H,9-10H2. The summed E-state index contributed by atoms with van der Waals surface area (Å²) >= 11 is 6.12. The van der Waals surface area contributed by atoms with Crippen molar-refractivity contribution in [2.75, 3.05) is 0 Å². The zero-order valence-corrected chi connectivity index (χ0v) is 16.5. The van der Waals surface area contributed by atoms with Crippen molar-refractivity contribution in [3.63, 3.8) is 0 Å². The third-order valence-corrected chi connectivity index (χ3v) is 6.19. The summed E-state index contributed by atoms with van der Waals surface area (Å²) in [6.07, 6.45) is 6.37. The molecule has 3 heterocycles. The third-order valence-electron chi connectivity index (χ3n) is 5.96. The van der Waals surface area contributed by atoms with E-state index in [9.17, 15) is 4.79 Å². The van der Waals surface area contributed by atoms with Crippen LogP contribution in [-0.2, 0) is 6.54 Å². The van der Waals surface area contributed by atoms with Crippen LogP contribution in [0.3, 0.4) is 0 Å². The molecular weight excluding hydrogens is 402 g/mol. The Kier molecular flexibility index (Phi) is 3.86. The largest absolute Gasteiger partial charge is 0.337 e. The molecule has 1 aromatic carbocycles. The smallest absolute Gasteiger partial charge is 0.263 e. The molecule has 1 fully saturated rings. The first-order valence-corrected chi connectivity index (χ1v) is 10.1. The van der Waals surface area contributed by atoms with E-state index < -0.39 is 0 Å². The first-order chi connectivity index (χ1) is 14.7.